The Bertz CT molecular complexity index is 355. The molecule has 0 saturated heterocycles. The van der Waals surface area contributed by atoms with Gasteiger partial charge in [-0.1, -0.05) is 17.7 Å². The number of benzene rings is 1. The molecular formula is C13H18ClFN2. The van der Waals surface area contributed by atoms with E-state index in [1.165, 1.54) is 6.07 Å². The van der Waals surface area contributed by atoms with Gasteiger partial charge >= 0.3 is 0 Å². The Morgan fingerprint density at radius 1 is 1.29 bits per heavy atom. The zero-order valence-electron chi connectivity index (χ0n) is 9.76. The van der Waals surface area contributed by atoms with Crippen molar-refractivity contribution in [2.45, 2.75) is 44.3 Å². The van der Waals surface area contributed by atoms with Crippen molar-refractivity contribution in [3.05, 3.63) is 34.6 Å². The largest absolute Gasteiger partial charge is 0.328 e. The van der Waals surface area contributed by atoms with E-state index >= 15 is 0 Å². The average Bonchev–Trinajstić information content (AvgIpc) is 2.31. The van der Waals surface area contributed by atoms with Gasteiger partial charge in [-0.05, 0) is 37.8 Å². The van der Waals surface area contributed by atoms with Crippen LogP contribution in [0.4, 0.5) is 4.39 Å². The van der Waals surface area contributed by atoms with Gasteiger partial charge in [0.2, 0.25) is 0 Å². The zero-order valence-corrected chi connectivity index (χ0v) is 10.5. The Balaban J connectivity index is 1.89. The van der Waals surface area contributed by atoms with Crippen LogP contribution in [-0.4, -0.2) is 12.1 Å². The molecule has 2 nitrogen and oxygen atoms in total. The number of halogens is 2. The highest BCUT2D eigenvalue weighted by atomic mass is 35.5. The molecule has 17 heavy (non-hydrogen) atoms. The van der Waals surface area contributed by atoms with E-state index in [1.807, 2.05) is 0 Å². The third-order valence-corrected chi connectivity index (χ3v) is 3.76. The molecule has 1 aromatic carbocycles. The summed E-state index contributed by atoms with van der Waals surface area (Å²) in [4.78, 5) is 0. The smallest absolute Gasteiger partial charge is 0.129 e. The first-order chi connectivity index (χ1) is 8.16. The molecule has 0 radical (unpaired) electrons. The lowest BCUT2D eigenvalue weighted by atomic mass is 9.92. The molecule has 0 atom stereocenters. The fraction of sp³-hybridized carbons (Fsp3) is 0.538. The molecule has 1 fully saturated rings. The molecule has 1 aromatic rings. The summed E-state index contributed by atoms with van der Waals surface area (Å²) in [5.41, 5.74) is 6.40. The number of nitrogens with two attached hydrogens (primary N) is 1. The fourth-order valence-corrected chi connectivity index (χ4v) is 2.50. The van der Waals surface area contributed by atoms with Crippen molar-refractivity contribution in [1.82, 2.24) is 5.32 Å². The van der Waals surface area contributed by atoms with E-state index in [-0.39, 0.29) is 5.82 Å². The van der Waals surface area contributed by atoms with Gasteiger partial charge in [-0.2, -0.15) is 0 Å². The molecule has 1 aliphatic carbocycles. The van der Waals surface area contributed by atoms with E-state index in [4.69, 9.17) is 17.3 Å². The monoisotopic (exact) mass is 256 g/mol. The molecule has 0 unspecified atom stereocenters. The summed E-state index contributed by atoms with van der Waals surface area (Å²) in [7, 11) is 0. The summed E-state index contributed by atoms with van der Waals surface area (Å²) in [6, 6.07) is 5.56. The lowest BCUT2D eigenvalue weighted by molar-refractivity contribution is 0.340. The van der Waals surface area contributed by atoms with Gasteiger partial charge in [-0.3, -0.25) is 0 Å². The highest BCUT2D eigenvalue weighted by molar-refractivity contribution is 6.31. The molecule has 2 rings (SSSR count). The summed E-state index contributed by atoms with van der Waals surface area (Å²) >= 11 is 5.97. The summed E-state index contributed by atoms with van der Waals surface area (Å²) in [6.07, 6.45) is 4.21. The topological polar surface area (TPSA) is 38.0 Å². The van der Waals surface area contributed by atoms with Crippen molar-refractivity contribution in [3.63, 3.8) is 0 Å². The highest BCUT2D eigenvalue weighted by Crippen LogP contribution is 2.21. The van der Waals surface area contributed by atoms with Crippen molar-refractivity contribution in [3.8, 4) is 0 Å². The van der Waals surface area contributed by atoms with Crippen LogP contribution < -0.4 is 11.1 Å². The van der Waals surface area contributed by atoms with Gasteiger partial charge in [0.25, 0.3) is 0 Å². The quantitative estimate of drug-likeness (QED) is 0.873. The van der Waals surface area contributed by atoms with E-state index in [1.54, 1.807) is 12.1 Å². The average molecular weight is 257 g/mol. The van der Waals surface area contributed by atoms with Crippen LogP contribution in [-0.2, 0) is 6.54 Å². The third kappa shape index (κ3) is 3.41. The minimum absolute atomic E-state index is 0.238. The van der Waals surface area contributed by atoms with Crippen LogP contribution in [0.1, 0.15) is 31.2 Å². The van der Waals surface area contributed by atoms with Crippen LogP contribution in [0.15, 0.2) is 18.2 Å². The predicted octanol–water partition coefficient (Wildman–Crippen LogP) is 2.84. The SMILES string of the molecule is NC1CCC(NCc2c(F)cccc2Cl)CC1. The van der Waals surface area contributed by atoms with Gasteiger partial charge < -0.3 is 11.1 Å². The first-order valence-electron chi connectivity index (χ1n) is 6.08. The molecular weight excluding hydrogens is 239 g/mol. The third-order valence-electron chi connectivity index (χ3n) is 3.40. The van der Waals surface area contributed by atoms with E-state index in [9.17, 15) is 4.39 Å². The van der Waals surface area contributed by atoms with Crippen molar-refractivity contribution in [2.24, 2.45) is 5.73 Å². The molecule has 0 spiro atoms. The Kier molecular flexibility index (Phi) is 4.37. The number of rotatable bonds is 3. The van der Waals surface area contributed by atoms with Crippen LogP contribution in [0.3, 0.4) is 0 Å². The molecule has 0 aliphatic heterocycles. The van der Waals surface area contributed by atoms with Gasteiger partial charge in [0, 0.05) is 29.2 Å². The molecule has 0 bridgehead atoms. The maximum Gasteiger partial charge on any atom is 0.129 e. The van der Waals surface area contributed by atoms with Crippen LogP contribution in [0, 0.1) is 5.82 Å². The number of nitrogens with one attached hydrogen (secondary N) is 1. The van der Waals surface area contributed by atoms with Gasteiger partial charge in [0.15, 0.2) is 0 Å². The van der Waals surface area contributed by atoms with Crippen molar-refractivity contribution in [2.75, 3.05) is 0 Å². The molecule has 3 N–H and O–H groups in total. The summed E-state index contributed by atoms with van der Waals surface area (Å²) in [5, 5.41) is 3.85. The molecule has 1 aliphatic rings. The number of hydrogen-bond acceptors (Lipinski definition) is 2. The standard InChI is InChI=1S/C13H18ClFN2/c14-12-2-1-3-13(15)11(12)8-17-10-6-4-9(16)5-7-10/h1-3,9-10,17H,4-8,16H2. The molecule has 1 saturated carbocycles. The van der Waals surface area contributed by atoms with Crippen LogP contribution in [0.2, 0.25) is 5.02 Å². The number of hydrogen-bond donors (Lipinski definition) is 2. The minimum atomic E-state index is -0.238. The minimum Gasteiger partial charge on any atom is -0.328 e. The summed E-state index contributed by atoms with van der Waals surface area (Å²) in [5.74, 6) is -0.238. The molecule has 4 heteroatoms. The van der Waals surface area contributed by atoms with E-state index < -0.39 is 0 Å². The second-order valence-electron chi connectivity index (χ2n) is 4.69. The van der Waals surface area contributed by atoms with Crippen molar-refractivity contribution in [1.29, 1.82) is 0 Å². The maximum absolute atomic E-state index is 13.5. The second kappa shape index (κ2) is 5.80. The van der Waals surface area contributed by atoms with Gasteiger partial charge in [-0.15, -0.1) is 0 Å². The lowest BCUT2D eigenvalue weighted by Gasteiger charge is -2.27. The second-order valence-corrected chi connectivity index (χ2v) is 5.10. The van der Waals surface area contributed by atoms with Crippen LogP contribution in [0.5, 0.6) is 0 Å². The Hall–Kier alpha value is -0.640. The molecule has 94 valence electrons. The van der Waals surface area contributed by atoms with Gasteiger partial charge in [0.05, 0.1) is 0 Å². The van der Waals surface area contributed by atoms with E-state index in [2.05, 4.69) is 5.32 Å². The first-order valence-corrected chi connectivity index (χ1v) is 6.46. The van der Waals surface area contributed by atoms with E-state index in [0.29, 0.717) is 29.2 Å². The van der Waals surface area contributed by atoms with Crippen LogP contribution in [0.25, 0.3) is 0 Å². The van der Waals surface area contributed by atoms with Crippen molar-refractivity contribution < 1.29 is 4.39 Å². The summed E-state index contributed by atoms with van der Waals surface area (Å²) in [6.45, 7) is 0.491. The molecule has 0 heterocycles. The van der Waals surface area contributed by atoms with Gasteiger partial charge in [-0.25, -0.2) is 4.39 Å². The zero-order chi connectivity index (χ0) is 12.3. The Labute approximate surface area is 106 Å². The summed E-state index contributed by atoms with van der Waals surface area (Å²) < 4.78 is 13.5. The lowest BCUT2D eigenvalue weighted by Crippen LogP contribution is -2.37. The van der Waals surface area contributed by atoms with Crippen molar-refractivity contribution >= 4 is 11.6 Å². The predicted molar refractivity (Wildman–Crippen MR) is 68.5 cm³/mol. The molecule has 0 amide bonds. The normalized spacial score (nSPS) is 24.9. The van der Waals surface area contributed by atoms with Crippen LogP contribution >= 0.6 is 11.6 Å². The Morgan fingerprint density at radius 2 is 2.00 bits per heavy atom. The maximum atomic E-state index is 13.5. The molecule has 0 aromatic heterocycles. The van der Waals surface area contributed by atoms with Gasteiger partial charge in [0.1, 0.15) is 5.82 Å². The fourth-order valence-electron chi connectivity index (χ4n) is 2.27. The highest BCUT2D eigenvalue weighted by Gasteiger charge is 2.18. The first kappa shape index (κ1) is 12.8. The Morgan fingerprint density at radius 3 is 2.65 bits per heavy atom. The van der Waals surface area contributed by atoms with E-state index in [0.717, 1.165) is 25.7 Å².